The molecule has 0 bridgehead atoms. The van der Waals surface area contributed by atoms with Crippen molar-refractivity contribution < 1.29 is 0 Å². The molecule has 1 aliphatic carbocycles. The summed E-state index contributed by atoms with van der Waals surface area (Å²) in [5.41, 5.74) is 9.96. The maximum Gasteiger partial charge on any atom is -0.00236 e. The van der Waals surface area contributed by atoms with Crippen LogP contribution in [-0.4, -0.2) is 0 Å². The van der Waals surface area contributed by atoms with Crippen LogP contribution >= 0.6 is 0 Å². The molecular formula is C33H24. The van der Waals surface area contributed by atoms with E-state index in [0.717, 1.165) is 17.5 Å². The molecule has 0 saturated heterocycles. The number of allylic oxidation sites excluding steroid dienone is 1. The normalized spacial score (nSPS) is 12.5. The highest BCUT2D eigenvalue weighted by Crippen LogP contribution is 2.45. The van der Waals surface area contributed by atoms with Gasteiger partial charge in [-0.05, 0) is 78.5 Å². The third kappa shape index (κ3) is 2.99. The largest absolute Gasteiger partial charge is 0.0984 e. The van der Waals surface area contributed by atoms with Gasteiger partial charge in [-0.1, -0.05) is 116 Å². The Balaban J connectivity index is 1.72. The average Bonchev–Trinajstić information content (AvgIpc) is 3.30. The fourth-order valence-corrected chi connectivity index (χ4v) is 5.37. The highest BCUT2D eigenvalue weighted by molar-refractivity contribution is 6.12. The average molecular weight is 421 g/mol. The van der Waals surface area contributed by atoms with E-state index in [2.05, 4.69) is 110 Å². The summed E-state index contributed by atoms with van der Waals surface area (Å²) in [6, 6.07) is 32.7. The summed E-state index contributed by atoms with van der Waals surface area (Å²) in [7, 11) is 0. The maximum atomic E-state index is 4.24. The van der Waals surface area contributed by atoms with Crippen molar-refractivity contribution in [2.75, 3.05) is 0 Å². The minimum atomic E-state index is 0.965. The molecule has 5 aromatic rings. The lowest BCUT2D eigenvalue weighted by molar-refractivity contribution is 1.31. The summed E-state index contributed by atoms with van der Waals surface area (Å²) >= 11 is 0. The van der Waals surface area contributed by atoms with Crippen LogP contribution in [0.4, 0.5) is 0 Å². The van der Waals surface area contributed by atoms with Gasteiger partial charge in [-0.15, -0.1) is 0 Å². The van der Waals surface area contributed by atoms with Crippen molar-refractivity contribution >= 4 is 39.3 Å². The molecule has 156 valence electrons. The molecule has 0 aliphatic heterocycles. The molecule has 6 rings (SSSR count). The summed E-state index contributed by atoms with van der Waals surface area (Å²) in [6.45, 7) is 8.48. The van der Waals surface area contributed by atoms with Gasteiger partial charge in [0.1, 0.15) is 0 Å². The van der Waals surface area contributed by atoms with Crippen LogP contribution in [-0.2, 0) is 6.42 Å². The van der Waals surface area contributed by atoms with E-state index >= 15 is 0 Å². The molecule has 1 aliphatic rings. The molecule has 0 fully saturated rings. The molecule has 5 aromatic carbocycles. The Bertz CT molecular complexity index is 1610. The first-order valence-corrected chi connectivity index (χ1v) is 11.4. The van der Waals surface area contributed by atoms with E-state index in [-0.39, 0.29) is 0 Å². The Morgan fingerprint density at radius 1 is 0.606 bits per heavy atom. The molecule has 0 amide bonds. The predicted octanol–water partition coefficient (Wildman–Crippen LogP) is 8.93. The zero-order valence-corrected chi connectivity index (χ0v) is 18.5. The molecule has 33 heavy (non-hydrogen) atoms. The highest BCUT2D eigenvalue weighted by Gasteiger charge is 2.23. The van der Waals surface area contributed by atoms with Crippen molar-refractivity contribution in [3.05, 3.63) is 138 Å². The second-order valence-electron chi connectivity index (χ2n) is 8.57. The summed E-state index contributed by atoms with van der Waals surface area (Å²) < 4.78 is 0. The maximum absolute atomic E-state index is 4.24. The molecule has 0 heterocycles. The molecule has 0 N–H and O–H groups in total. The van der Waals surface area contributed by atoms with Crippen LogP contribution < -0.4 is 0 Å². The highest BCUT2D eigenvalue weighted by atomic mass is 14.3. The molecule has 0 nitrogen and oxygen atoms in total. The van der Waals surface area contributed by atoms with E-state index in [9.17, 15) is 0 Å². The van der Waals surface area contributed by atoms with Gasteiger partial charge >= 0.3 is 0 Å². The Labute approximate surface area is 194 Å². The number of hydrogen-bond acceptors (Lipinski definition) is 0. The first kappa shape index (κ1) is 19.5. The van der Waals surface area contributed by atoms with Crippen molar-refractivity contribution in [1.29, 1.82) is 0 Å². The van der Waals surface area contributed by atoms with Crippen LogP contribution in [0.25, 0.3) is 50.4 Å². The lowest BCUT2D eigenvalue weighted by atomic mass is 9.82. The minimum absolute atomic E-state index is 0.965. The van der Waals surface area contributed by atoms with Crippen LogP contribution in [0.5, 0.6) is 0 Å². The molecule has 0 saturated carbocycles. The van der Waals surface area contributed by atoms with E-state index in [4.69, 9.17) is 0 Å². The van der Waals surface area contributed by atoms with Crippen LogP contribution in [0.2, 0.25) is 0 Å². The van der Waals surface area contributed by atoms with Crippen LogP contribution in [0.3, 0.4) is 0 Å². The number of rotatable bonds is 4. The molecule has 0 radical (unpaired) electrons. The number of hydrogen-bond donors (Lipinski definition) is 0. The van der Waals surface area contributed by atoms with Gasteiger partial charge in [0, 0.05) is 0 Å². The van der Waals surface area contributed by atoms with E-state index in [0.29, 0.717) is 0 Å². The lowest BCUT2D eigenvalue weighted by Gasteiger charge is -2.21. The minimum Gasteiger partial charge on any atom is -0.0984 e. The second-order valence-corrected chi connectivity index (χ2v) is 8.57. The summed E-state index contributed by atoms with van der Waals surface area (Å²) in [5, 5.41) is 4.99. The fourth-order valence-electron chi connectivity index (χ4n) is 5.37. The first-order chi connectivity index (χ1) is 16.3. The van der Waals surface area contributed by atoms with Crippen molar-refractivity contribution in [2.45, 2.75) is 6.42 Å². The standard InChI is InChI=1S/C33H24/c1-3-26-27(4-2)33(31-20-19-23-12-7-8-14-28(23)31)30-16-10-9-15-29(30)32(26)25-18-17-22-11-5-6-13-24(22)21-25/h3-18,20-21H,1-2,19H2. The van der Waals surface area contributed by atoms with Gasteiger partial charge in [0.05, 0.1) is 0 Å². The third-order valence-corrected chi connectivity index (χ3v) is 6.84. The molecule has 0 unspecified atom stereocenters. The van der Waals surface area contributed by atoms with Gasteiger partial charge in [-0.25, -0.2) is 0 Å². The SMILES string of the molecule is C=Cc1c(C=C)c(-c2ccc3ccccc3c2)c2ccccc2c1C1=CCc2ccccc21. The van der Waals surface area contributed by atoms with Gasteiger partial charge in [0.2, 0.25) is 0 Å². The second kappa shape index (κ2) is 7.76. The number of fused-ring (bicyclic) bond motifs is 3. The van der Waals surface area contributed by atoms with Crippen LogP contribution in [0.15, 0.2) is 110 Å². The van der Waals surface area contributed by atoms with E-state index in [1.807, 2.05) is 12.2 Å². The molecule has 0 spiro atoms. The fraction of sp³-hybridized carbons (Fsp3) is 0.0303. The Morgan fingerprint density at radius 2 is 1.24 bits per heavy atom. The van der Waals surface area contributed by atoms with Gasteiger partial charge in [0.25, 0.3) is 0 Å². The quantitative estimate of drug-likeness (QED) is 0.272. The van der Waals surface area contributed by atoms with Crippen LogP contribution in [0, 0.1) is 0 Å². The summed E-state index contributed by atoms with van der Waals surface area (Å²) in [5.74, 6) is 0. The Hall–Kier alpha value is -4.16. The monoisotopic (exact) mass is 420 g/mol. The topological polar surface area (TPSA) is 0 Å². The van der Waals surface area contributed by atoms with Gasteiger partial charge in [-0.2, -0.15) is 0 Å². The number of benzene rings is 5. The lowest BCUT2D eigenvalue weighted by Crippen LogP contribution is -1.99. The first-order valence-electron chi connectivity index (χ1n) is 11.4. The molecule has 0 atom stereocenters. The molecule has 0 aromatic heterocycles. The zero-order chi connectivity index (χ0) is 22.4. The van der Waals surface area contributed by atoms with Crippen LogP contribution in [0.1, 0.15) is 27.8 Å². The smallest absolute Gasteiger partial charge is 0.00236 e. The summed E-state index contributed by atoms with van der Waals surface area (Å²) in [4.78, 5) is 0. The van der Waals surface area contributed by atoms with Crippen molar-refractivity contribution in [1.82, 2.24) is 0 Å². The molecule has 0 heteroatoms. The van der Waals surface area contributed by atoms with E-state index in [1.165, 1.54) is 54.9 Å². The zero-order valence-electron chi connectivity index (χ0n) is 18.5. The van der Waals surface area contributed by atoms with Gasteiger partial charge in [0.15, 0.2) is 0 Å². The Kier molecular flexibility index (Phi) is 4.59. The molecular weight excluding hydrogens is 396 g/mol. The van der Waals surface area contributed by atoms with Crippen molar-refractivity contribution in [2.24, 2.45) is 0 Å². The van der Waals surface area contributed by atoms with Gasteiger partial charge in [-0.3, -0.25) is 0 Å². The van der Waals surface area contributed by atoms with Crippen molar-refractivity contribution in [3.63, 3.8) is 0 Å². The third-order valence-electron chi connectivity index (χ3n) is 6.84. The van der Waals surface area contributed by atoms with E-state index in [1.54, 1.807) is 0 Å². The van der Waals surface area contributed by atoms with Crippen molar-refractivity contribution in [3.8, 4) is 11.1 Å². The summed E-state index contributed by atoms with van der Waals surface area (Å²) in [6.07, 6.45) is 7.33. The van der Waals surface area contributed by atoms with E-state index < -0.39 is 0 Å². The Morgan fingerprint density at radius 3 is 2.03 bits per heavy atom. The van der Waals surface area contributed by atoms with Gasteiger partial charge < -0.3 is 0 Å². The predicted molar refractivity (Wildman–Crippen MR) is 144 cm³/mol.